The average Bonchev–Trinajstić information content (AvgIpc) is 2.74. The van der Waals surface area contributed by atoms with Crippen LogP contribution in [0.25, 0.3) is 0 Å². The first-order valence-corrected chi connectivity index (χ1v) is 5.99. The number of nitrogens with zero attached hydrogens (tertiary/aromatic N) is 2. The molecule has 0 saturated carbocycles. The van der Waals surface area contributed by atoms with Crippen LogP contribution in [0.4, 0.5) is 0 Å². The topological polar surface area (TPSA) is 47.3 Å². The fourth-order valence-corrected chi connectivity index (χ4v) is 1.78. The summed E-state index contributed by atoms with van der Waals surface area (Å²) in [6.45, 7) is 3.95. The van der Waals surface area contributed by atoms with Crippen molar-refractivity contribution in [3.05, 3.63) is 48.0 Å². The molecule has 0 amide bonds. The minimum atomic E-state index is -0.720. The summed E-state index contributed by atoms with van der Waals surface area (Å²) in [4.78, 5) is 4.15. The van der Waals surface area contributed by atoms with Gasteiger partial charge in [0, 0.05) is 13.2 Å². The van der Waals surface area contributed by atoms with Crippen molar-refractivity contribution in [1.29, 1.82) is 0 Å². The van der Waals surface area contributed by atoms with E-state index in [4.69, 9.17) is 4.74 Å². The predicted octanol–water partition coefficient (Wildman–Crippen LogP) is 2.29. The van der Waals surface area contributed by atoms with Crippen molar-refractivity contribution in [1.82, 2.24) is 9.55 Å². The van der Waals surface area contributed by atoms with Crippen LogP contribution in [-0.2, 0) is 7.05 Å². The van der Waals surface area contributed by atoms with Crippen LogP contribution in [0.1, 0.15) is 31.2 Å². The molecule has 0 aliphatic rings. The molecule has 96 valence electrons. The lowest BCUT2D eigenvalue weighted by atomic mass is 10.1. The molecule has 18 heavy (non-hydrogen) atoms. The van der Waals surface area contributed by atoms with E-state index >= 15 is 0 Å². The number of aryl methyl sites for hydroxylation is 1. The third-order valence-corrected chi connectivity index (χ3v) is 2.55. The number of benzene rings is 1. The first-order valence-electron chi connectivity index (χ1n) is 5.99. The maximum atomic E-state index is 10.2. The van der Waals surface area contributed by atoms with Gasteiger partial charge in [-0.1, -0.05) is 12.1 Å². The molecule has 4 heteroatoms. The summed E-state index contributed by atoms with van der Waals surface area (Å²) in [7, 11) is 1.88. The molecule has 1 aromatic carbocycles. The van der Waals surface area contributed by atoms with Crippen molar-refractivity contribution < 1.29 is 9.84 Å². The molecule has 1 N–H and O–H groups in total. The monoisotopic (exact) mass is 246 g/mol. The van der Waals surface area contributed by atoms with Gasteiger partial charge in [0.25, 0.3) is 0 Å². The molecular formula is C14H18N2O2. The Morgan fingerprint density at radius 3 is 2.72 bits per heavy atom. The first-order chi connectivity index (χ1) is 8.56. The van der Waals surface area contributed by atoms with Crippen LogP contribution < -0.4 is 4.74 Å². The number of rotatable bonds is 4. The quantitative estimate of drug-likeness (QED) is 0.900. The molecule has 0 radical (unpaired) electrons. The van der Waals surface area contributed by atoms with Crippen molar-refractivity contribution >= 4 is 0 Å². The lowest BCUT2D eigenvalue weighted by molar-refractivity contribution is 0.212. The maximum absolute atomic E-state index is 10.2. The normalized spacial score (nSPS) is 12.7. The zero-order valence-electron chi connectivity index (χ0n) is 10.9. The zero-order valence-corrected chi connectivity index (χ0v) is 10.9. The molecule has 0 aliphatic heterocycles. The van der Waals surface area contributed by atoms with Crippen LogP contribution in [0.2, 0.25) is 0 Å². The lowest BCUT2D eigenvalue weighted by Gasteiger charge is -2.13. The Bertz CT molecular complexity index is 520. The smallest absolute Gasteiger partial charge is 0.123 e. The average molecular weight is 246 g/mol. The van der Waals surface area contributed by atoms with Gasteiger partial charge in [0.2, 0.25) is 0 Å². The highest BCUT2D eigenvalue weighted by atomic mass is 16.5. The second-order valence-electron chi connectivity index (χ2n) is 4.61. The standard InChI is InChI=1S/C14H18N2O2/c1-10(2)18-12-6-4-5-11(7-12)14(17)13-8-16(3)9-15-13/h4-10,14,17H,1-3H3. The molecule has 1 atom stereocenters. The Hall–Kier alpha value is -1.81. The van der Waals surface area contributed by atoms with Gasteiger partial charge in [0.1, 0.15) is 11.9 Å². The molecule has 4 nitrogen and oxygen atoms in total. The maximum Gasteiger partial charge on any atom is 0.123 e. The Morgan fingerprint density at radius 2 is 2.11 bits per heavy atom. The van der Waals surface area contributed by atoms with Gasteiger partial charge in [-0.15, -0.1) is 0 Å². The van der Waals surface area contributed by atoms with Crippen LogP contribution in [0, 0.1) is 0 Å². The first kappa shape index (κ1) is 12.6. The Kier molecular flexibility index (Phi) is 3.67. The van der Waals surface area contributed by atoms with Crippen LogP contribution in [0.5, 0.6) is 5.75 Å². The molecule has 2 rings (SSSR count). The number of ether oxygens (including phenoxy) is 1. The van der Waals surface area contributed by atoms with Crippen LogP contribution >= 0.6 is 0 Å². The molecular weight excluding hydrogens is 228 g/mol. The molecule has 0 spiro atoms. The SMILES string of the molecule is CC(C)Oc1cccc(C(O)c2cn(C)cn2)c1. The van der Waals surface area contributed by atoms with Gasteiger partial charge in [-0.3, -0.25) is 0 Å². The highest BCUT2D eigenvalue weighted by Gasteiger charge is 2.13. The molecule has 0 aliphatic carbocycles. The van der Waals surface area contributed by atoms with Crippen LogP contribution in [-0.4, -0.2) is 20.8 Å². The number of imidazole rings is 1. The lowest BCUT2D eigenvalue weighted by Crippen LogP contribution is -2.06. The fourth-order valence-electron chi connectivity index (χ4n) is 1.78. The van der Waals surface area contributed by atoms with Gasteiger partial charge >= 0.3 is 0 Å². The Balaban J connectivity index is 2.22. The van der Waals surface area contributed by atoms with Crippen molar-refractivity contribution in [2.24, 2.45) is 7.05 Å². The van der Waals surface area contributed by atoms with Crippen molar-refractivity contribution in [2.45, 2.75) is 26.1 Å². The zero-order chi connectivity index (χ0) is 13.1. The summed E-state index contributed by atoms with van der Waals surface area (Å²) in [6, 6.07) is 7.47. The van der Waals surface area contributed by atoms with Crippen LogP contribution in [0.15, 0.2) is 36.8 Å². The third kappa shape index (κ3) is 2.90. The molecule has 0 fully saturated rings. The van der Waals surface area contributed by atoms with Crippen LogP contribution in [0.3, 0.4) is 0 Å². The molecule has 1 aromatic heterocycles. The summed E-state index contributed by atoms with van der Waals surface area (Å²) < 4.78 is 7.42. The highest BCUT2D eigenvalue weighted by Crippen LogP contribution is 2.24. The van der Waals surface area contributed by atoms with Crippen molar-refractivity contribution in [3.63, 3.8) is 0 Å². The molecule has 2 aromatic rings. The second-order valence-corrected chi connectivity index (χ2v) is 4.61. The molecule has 0 saturated heterocycles. The highest BCUT2D eigenvalue weighted by molar-refractivity contribution is 5.33. The number of aliphatic hydroxyl groups excluding tert-OH is 1. The largest absolute Gasteiger partial charge is 0.491 e. The van der Waals surface area contributed by atoms with Gasteiger partial charge in [-0.2, -0.15) is 0 Å². The molecule has 1 heterocycles. The van der Waals surface area contributed by atoms with Gasteiger partial charge in [-0.25, -0.2) is 4.98 Å². The summed E-state index contributed by atoms with van der Waals surface area (Å²) in [5, 5.41) is 10.2. The van der Waals surface area contributed by atoms with Crippen molar-refractivity contribution in [3.8, 4) is 5.75 Å². The number of aromatic nitrogens is 2. The van der Waals surface area contributed by atoms with E-state index in [-0.39, 0.29) is 6.10 Å². The second kappa shape index (κ2) is 5.23. The predicted molar refractivity (Wildman–Crippen MR) is 69.5 cm³/mol. The van der Waals surface area contributed by atoms with E-state index < -0.39 is 6.10 Å². The van der Waals surface area contributed by atoms with E-state index in [1.807, 2.05) is 49.7 Å². The van der Waals surface area contributed by atoms with E-state index in [1.165, 1.54) is 0 Å². The number of hydrogen-bond donors (Lipinski definition) is 1. The number of hydrogen-bond acceptors (Lipinski definition) is 3. The Labute approximate surface area is 107 Å². The minimum Gasteiger partial charge on any atom is -0.491 e. The summed E-state index contributed by atoms with van der Waals surface area (Å²) in [5.74, 6) is 0.762. The van der Waals surface area contributed by atoms with Gasteiger partial charge in [0.15, 0.2) is 0 Å². The van der Waals surface area contributed by atoms with Gasteiger partial charge < -0.3 is 14.4 Å². The summed E-state index contributed by atoms with van der Waals surface area (Å²) >= 11 is 0. The molecule has 1 unspecified atom stereocenters. The van der Waals surface area contributed by atoms with E-state index in [0.29, 0.717) is 5.69 Å². The van der Waals surface area contributed by atoms with Crippen molar-refractivity contribution in [2.75, 3.05) is 0 Å². The third-order valence-electron chi connectivity index (χ3n) is 2.55. The fraction of sp³-hybridized carbons (Fsp3) is 0.357. The molecule has 0 bridgehead atoms. The van der Waals surface area contributed by atoms with Gasteiger partial charge in [0.05, 0.1) is 18.1 Å². The summed E-state index contributed by atoms with van der Waals surface area (Å²) in [6.07, 6.45) is 2.88. The van der Waals surface area contributed by atoms with E-state index in [2.05, 4.69) is 4.98 Å². The number of aliphatic hydroxyl groups is 1. The van der Waals surface area contributed by atoms with E-state index in [1.54, 1.807) is 12.5 Å². The summed E-state index contributed by atoms with van der Waals surface area (Å²) in [5.41, 5.74) is 1.42. The van der Waals surface area contributed by atoms with E-state index in [0.717, 1.165) is 11.3 Å². The van der Waals surface area contributed by atoms with E-state index in [9.17, 15) is 5.11 Å². The minimum absolute atomic E-state index is 0.118. The Morgan fingerprint density at radius 1 is 1.33 bits per heavy atom. The van der Waals surface area contributed by atoms with Gasteiger partial charge in [-0.05, 0) is 31.5 Å².